The zero-order valence-corrected chi connectivity index (χ0v) is 10.8. The molecular weight excluding hydrogens is 280 g/mol. The third kappa shape index (κ3) is 3.63. The van der Waals surface area contributed by atoms with Crippen LogP contribution < -0.4 is 10.9 Å². The van der Waals surface area contributed by atoms with Gasteiger partial charge in [0.2, 0.25) is 0 Å². The van der Waals surface area contributed by atoms with E-state index in [1.54, 1.807) is 0 Å². The van der Waals surface area contributed by atoms with E-state index in [0.29, 0.717) is 12.5 Å². The van der Waals surface area contributed by atoms with Crippen molar-refractivity contribution in [1.82, 2.24) is 9.78 Å². The Morgan fingerprint density at radius 3 is 2.84 bits per heavy atom. The molecule has 0 aliphatic heterocycles. The number of aliphatic hydroxyl groups excluding tert-OH is 1. The van der Waals surface area contributed by atoms with Crippen molar-refractivity contribution in [2.45, 2.75) is 31.9 Å². The molecule has 1 aliphatic carbocycles. The second kappa shape index (κ2) is 5.83. The third-order valence-electron chi connectivity index (χ3n) is 2.90. The molecule has 5 nitrogen and oxygen atoms in total. The molecular formula is C11H14ClF2N3O2. The molecule has 19 heavy (non-hydrogen) atoms. The van der Waals surface area contributed by atoms with Crippen molar-refractivity contribution in [3.05, 3.63) is 21.6 Å². The Bertz CT molecular complexity index is 505. The maximum absolute atomic E-state index is 12.2. The first kappa shape index (κ1) is 14.2. The maximum Gasteiger partial charge on any atom is 0.291 e. The highest BCUT2D eigenvalue weighted by molar-refractivity contribution is 6.32. The normalized spacial score (nSPS) is 16.7. The fourth-order valence-electron chi connectivity index (χ4n) is 1.60. The van der Waals surface area contributed by atoms with Crippen molar-refractivity contribution in [3.8, 4) is 0 Å². The summed E-state index contributed by atoms with van der Waals surface area (Å²) in [5.41, 5.74) is -0.460. The number of halogens is 3. The quantitative estimate of drug-likeness (QED) is 0.831. The molecule has 1 fully saturated rings. The Kier molecular flexibility index (Phi) is 4.36. The van der Waals surface area contributed by atoms with Gasteiger partial charge in [0.05, 0.1) is 11.2 Å². The number of alkyl halides is 2. The van der Waals surface area contributed by atoms with Crippen molar-refractivity contribution in [2.75, 3.05) is 11.9 Å². The van der Waals surface area contributed by atoms with Gasteiger partial charge in [-0.1, -0.05) is 11.6 Å². The summed E-state index contributed by atoms with van der Waals surface area (Å²) in [4.78, 5) is 12.0. The lowest BCUT2D eigenvalue weighted by atomic mass is 10.3. The lowest BCUT2D eigenvalue weighted by Crippen LogP contribution is -2.32. The highest BCUT2D eigenvalue weighted by Crippen LogP contribution is 2.30. The summed E-state index contributed by atoms with van der Waals surface area (Å²) in [5.74, 6) is 0.450. The van der Waals surface area contributed by atoms with E-state index in [-0.39, 0.29) is 10.7 Å². The monoisotopic (exact) mass is 293 g/mol. The van der Waals surface area contributed by atoms with Gasteiger partial charge in [-0.05, 0) is 18.8 Å². The molecule has 8 heteroatoms. The molecule has 1 atom stereocenters. The summed E-state index contributed by atoms with van der Waals surface area (Å²) in [6.07, 6.45) is -1.31. The van der Waals surface area contributed by atoms with E-state index in [0.717, 1.165) is 12.8 Å². The van der Waals surface area contributed by atoms with Crippen LogP contribution in [-0.4, -0.2) is 34.0 Å². The largest absolute Gasteiger partial charge is 0.385 e. The molecule has 0 spiro atoms. The molecule has 2 N–H and O–H groups in total. The SMILES string of the molecule is O=c1c(NCC(O)C(F)F)c(Cl)cnn1CC1CC1. The molecule has 0 radical (unpaired) electrons. The molecule has 1 heterocycles. The van der Waals surface area contributed by atoms with Crippen LogP contribution in [0.1, 0.15) is 12.8 Å². The van der Waals surface area contributed by atoms with E-state index in [9.17, 15) is 13.6 Å². The third-order valence-corrected chi connectivity index (χ3v) is 3.19. The number of rotatable bonds is 6. The number of aliphatic hydroxyl groups is 1. The lowest BCUT2D eigenvalue weighted by Gasteiger charge is -2.13. The Balaban J connectivity index is 2.11. The summed E-state index contributed by atoms with van der Waals surface area (Å²) in [5, 5.41) is 15.4. The van der Waals surface area contributed by atoms with Gasteiger partial charge in [-0.3, -0.25) is 4.79 Å². The molecule has 0 saturated heterocycles. The van der Waals surface area contributed by atoms with Crippen LogP contribution in [0.25, 0.3) is 0 Å². The van der Waals surface area contributed by atoms with Gasteiger partial charge in [0.15, 0.2) is 0 Å². The molecule has 0 amide bonds. The maximum atomic E-state index is 12.2. The minimum Gasteiger partial charge on any atom is -0.385 e. The minimum atomic E-state index is -2.87. The van der Waals surface area contributed by atoms with Crippen LogP contribution in [0.2, 0.25) is 5.02 Å². The van der Waals surface area contributed by atoms with Gasteiger partial charge in [-0.15, -0.1) is 0 Å². The predicted molar refractivity (Wildman–Crippen MR) is 66.7 cm³/mol. The highest BCUT2D eigenvalue weighted by Gasteiger charge is 2.24. The van der Waals surface area contributed by atoms with Gasteiger partial charge < -0.3 is 10.4 Å². The number of anilines is 1. The van der Waals surface area contributed by atoms with E-state index in [4.69, 9.17) is 16.7 Å². The first-order valence-corrected chi connectivity index (χ1v) is 6.32. The number of aromatic nitrogens is 2. The van der Waals surface area contributed by atoms with Crippen LogP contribution in [-0.2, 0) is 6.54 Å². The smallest absolute Gasteiger partial charge is 0.291 e. The van der Waals surface area contributed by atoms with Crippen molar-refractivity contribution < 1.29 is 13.9 Å². The van der Waals surface area contributed by atoms with Crippen LogP contribution in [0.15, 0.2) is 11.0 Å². The second-order valence-electron chi connectivity index (χ2n) is 4.58. The summed E-state index contributed by atoms with van der Waals surface area (Å²) < 4.78 is 25.6. The zero-order chi connectivity index (χ0) is 14.0. The fourth-order valence-corrected chi connectivity index (χ4v) is 1.79. The molecule has 1 aromatic rings. The highest BCUT2D eigenvalue weighted by atomic mass is 35.5. The van der Waals surface area contributed by atoms with Crippen LogP contribution in [0.4, 0.5) is 14.5 Å². The second-order valence-corrected chi connectivity index (χ2v) is 4.99. The average Bonchev–Trinajstić information content (AvgIpc) is 3.16. The Hall–Kier alpha value is -1.21. The number of nitrogens with one attached hydrogen (secondary N) is 1. The van der Waals surface area contributed by atoms with Crippen molar-refractivity contribution >= 4 is 17.3 Å². The number of hydrogen-bond donors (Lipinski definition) is 2. The van der Waals surface area contributed by atoms with Gasteiger partial charge in [-0.25, -0.2) is 13.5 Å². The number of nitrogens with zero attached hydrogens (tertiary/aromatic N) is 2. The average molecular weight is 294 g/mol. The standard InChI is InChI=1S/C11H14ClF2N3O2/c12-7-3-16-17(5-6-1-2-6)11(19)9(7)15-4-8(18)10(13)14/h3,6,8,10,15,18H,1-2,4-5H2. The van der Waals surface area contributed by atoms with Gasteiger partial charge >= 0.3 is 0 Å². The molecule has 1 saturated carbocycles. The number of hydrogen-bond acceptors (Lipinski definition) is 4. The topological polar surface area (TPSA) is 67.2 Å². The van der Waals surface area contributed by atoms with E-state index < -0.39 is 24.6 Å². The Morgan fingerprint density at radius 2 is 2.26 bits per heavy atom. The summed E-state index contributed by atoms with van der Waals surface area (Å²) in [6.45, 7) is 0.0577. The fraction of sp³-hybridized carbons (Fsp3) is 0.636. The van der Waals surface area contributed by atoms with E-state index in [1.165, 1.54) is 10.9 Å². The Labute approximate surface area is 113 Å². The van der Waals surface area contributed by atoms with Gasteiger partial charge in [0.25, 0.3) is 12.0 Å². The first-order chi connectivity index (χ1) is 8.99. The van der Waals surface area contributed by atoms with Crippen LogP contribution in [0.3, 0.4) is 0 Å². The molecule has 0 bridgehead atoms. The van der Waals surface area contributed by atoms with Gasteiger partial charge in [0.1, 0.15) is 11.8 Å². The van der Waals surface area contributed by atoms with Crippen LogP contribution >= 0.6 is 11.6 Å². The molecule has 1 aliphatic rings. The minimum absolute atomic E-state index is 0.00276. The summed E-state index contributed by atoms with van der Waals surface area (Å²) >= 11 is 5.81. The van der Waals surface area contributed by atoms with Crippen molar-refractivity contribution in [3.63, 3.8) is 0 Å². The molecule has 1 aromatic heterocycles. The predicted octanol–water partition coefficient (Wildman–Crippen LogP) is 1.34. The van der Waals surface area contributed by atoms with Crippen LogP contribution in [0.5, 0.6) is 0 Å². The lowest BCUT2D eigenvalue weighted by molar-refractivity contribution is 0.00383. The summed E-state index contributed by atoms with van der Waals surface area (Å²) in [6, 6.07) is 0. The van der Waals surface area contributed by atoms with E-state index in [2.05, 4.69) is 10.4 Å². The van der Waals surface area contributed by atoms with E-state index in [1.807, 2.05) is 0 Å². The first-order valence-electron chi connectivity index (χ1n) is 5.94. The van der Waals surface area contributed by atoms with Gasteiger partial charge in [0, 0.05) is 13.1 Å². The molecule has 1 unspecified atom stereocenters. The molecule has 2 rings (SSSR count). The molecule has 106 valence electrons. The van der Waals surface area contributed by atoms with E-state index >= 15 is 0 Å². The van der Waals surface area contributed by atoms with Crippen molar-refractivity contribution in [2.24, 2.45) is 5.92 Å². The summed E-state index contributed by atoms with van der Waals surface area (Å²) in [7, 11) is 0. The van der Waals surface area contributed by atoms with Crippen LogP contribution in [0, 0.1) is 5.92 Å². The Morgan fingerprint density at radius 1 is 1.58 bits per heavy atom. The van der Waals surface area contributed by atoms with Gasteiger partial charge in [-0.2, -0.15) is 5.10 Å². The molecule has 0 aromatic carbocycles. The van der Waals surface area contributed by atoms with Crippen molar-refractivity contribution in [1.29, 1.82) is 0 Å². The zero-order valence-electron chi connectivity index (χ0n) is 10.0.